The lowest BCUT2D eigenvalue weighted by atomic mass is 9.95. The lowest BCUT2D eigenvalue weighted by Gasteiger charge is -2.22. The Morgan fingerprint density at radius 2 is 2.00 bits per heavy atom. The fraction of sp³-hybridized carbons (Fsp3) is 0.455. The third-order valence-corrected chi connectivity index (χ3v) is 2.89. The lowest BCUT2D eigenvalue weighted by molar-refractivity contribution is 0.187. The largest absolute Gasteiger partial charge is 0.491 e. The zero-order valence-corrected chi connectivity index (χ0v) is 10.4. The maximum Gasteiger partial charge on any atom is 0.139 e. The molecule has 2 N–H and O–H groups in total. The van der Waals surface area contributed by atoms with Gasteiger partial charge in [0.25, 0.3) is 0 Å². The number of benzene rings is 1. The van der Waals surface area contributed by atoms with Gasteiger partial charge in [0.1, 0.15) is 10.8 Å². The van der Waals surface area contributed by atoms with Crippen LogP contribution in [-0.2, 0) is 0 Å². The van der Waals surface area contributed by atoms with Crippen molar-refractivity contribution in [3.05, 3.63) is 28.2 Å². The number of rotatable bonds is 4. The molecule has 1 aromatic rings. The predicted molar refractivity (Wildman–Crippen MR) is 64.8 cm³/mol. The molecular weight excluding hydrogens is 233 g/mol. The quantitative estimate of drug-likeness (QED) is 0.886. The monoisotopic (exact) mass is 247 g/mol. The van der Waals surface area contributed by atoms with Crippen molar-refractivity contribution in [3.8, 4) is 5.75 Å². The molecule has 0 bridgehead atoms. The van der Waals surface area contributed by atoms with Gasteiger partial charge in [0.2, 0.25) is 0 Å². The Morgan fingerprint density at radius 3 is 2.60 bits per heavy atom. The fourth-order valence-corrected chi connectivity index (χ4v) is 1.27. The van der Waals surface area contributed by atoms with Crippen LogP contribution in [0.15, 0.2) is 18.2 Å². The molecular formula is C11H15Cl2NO. The lowest BCUT2D eigenvalue weighted by Crippen LogP contribution is -2.30. The number of nitrogens with two attached hydrogens (primary N) is 1. The summed E-state index contributed by atoms with van der Waals surface area (Å²) in [5.74, 6) is 0.602. The Labute approximate surface area is 100 Å². The normalized spacial score (nSPS) is 11.5. The summed E-state index contributed by atoms with van der Waals surface area (Å²) >= 11 is 11.8. The zero-order valence-electron chi connectivity index (χ0n) is 8.89. The average molecular weight is 248 g/mol. The standard InChI is InChI=1S/C11H15Cl2NO/c1-11(2,6-14)7-15-9-5-3-4-8(12)10(9)13/h3-5H,6-7,14H2,1-2H3. The first-order chi connectivity index (χ1) is 6.96. The molecule has 0 heterocycles. The van der Waals surface area contributed by atoms with E-state index in [2.05, 4.69) is 0 Å². The van der Waals surface area contributed by atoms with Crippen molar-refractivity contribution >= 4 is 23.2 Å². The summed E-state index contributed by atoms with van der Waals surface area (Å²) in [6.07, 6.45) is 0. The maximum absolute atomic E-state index is 5.98. The molecule has 0 amide bonds. The SMILES string of the molecule is CC(C)(CN)COc1cccc(Cl)c1Cl. The average Bonchev–Trinajstić information content (AvgIpc) is 2.20. The molecule has 1 aromatic carbocycles. The highest BCUT2D eigenvalue weighted by atomic mass is 35.5. The van der Waals surface area contributed by atoms with Crippen molar-refractivity contribution in [2.24, 2.45) is 11.1 Å². The van der Waals surface area contributed by atoms with E-state index in [1.807, 2.05) is 13.8 Å². The van der Waals surface area contributed by atoms with Gasteiger partial charge >= 0.3 is 0 Å². The van der Waals surface area contributed by atoms with Crippen LogP contribution in [0.1, 0.15) is 13.8 Å². The molecule has 0 saturated heterocycles. The molecule has 1 rings (SSSR count). The van der Waals surface area contributed by atoms with Gasteiger partial charge in [-0.15, -0.1) is 0 Å². The Bertz CT molecular complexity index is 339. The highest BCUT2D eigenvalue weighted by molar-refractivity contribution is 6.42. The molecule has 0 aliphatic carbocycles. The fourth-order valence-electron chi connectivity index (χ4n) is 0.928. The van der Waals surface area contributed by atoms with Crippen LogP contribution in [0.25, 0.3) is 0 Å². The zero-order chi connectivity index (χ0) is 11.5. The highest BCUT2D eigenvalue weighted by Crippen LogP contribution is 2.32. The molecule has 0 unspecified atom stereocenters. The van der Waals surface area contributed by atoms with E-state index in [1.54, 1.807) is 18.2 Å². The van der Waals surface area contributed by atoms with Crippen LogP contribution >= 0.6 is 23.2 Å². The van der Waals surface area contributed by atoms with E-state index < -0.39 is 0 Å². The van der Waals surface area contributed by atoms with Crippen molar-refractivity contribution in [2.75, 3.05) is 13.2 Å². The van der Waals surface area contributed by atoms with E-state index in [4.69, 9.17) is 33.7 Å². The van der Waals surface area contributed by atoms with E-state index in [0.717, 1.165) is 0 Å². The van der Waals surface area contributed by atoms with Crippen LogP contribution in [0, 0.1) is 5.41 Å². The van der Waals surface area contributed by atoms with Crippen molar-refractivity contribution in [3.63, 3.8) is 0 Å². The second-order valence-corrected chi connectivity index (χ2v) is 4.99. The second kappa shape index (κ2) is 5.06. The van der Waals surface area contributed by atoms with Gasteiger partial charge in [-0.1, -0.05) is 43.1 Å². The maximum atomic E-state index is 5.98. The number of hydrogen-bond acceptors (Lipinski definition) is 2. The number of halogens is 2. The Morgan fingerprint density at radius 1 is 1.33 bits per heavy atom. The Balaban J connectivity index is 2.70. The topological polar surface area (TPSA) is 35.2 Å². The van der Waals surface area contributed by atoms with Gasteiger partial charge in [0, 0.05) is 12.0 Å². The van der Waals surface area contributed by atoms with Crippen LogP contribution < -0.4 is 10.5 Å². The van der Waals surface area contributed by atoms with Crippen LogP contribution in [0.3, 0.4) is 0 Å². The molecule has 15 heavy (non-hydrogen) atoms. The molecule has 0 spiro atoms. The summed E-state index contributed by atoms with van der Waals surface area (Å²) in [5.41, 5.74) is 5.54. The van der Waals surface area contributed by atoms with E-state index >= 15 is 0 Å². The molecule has 0 saturated carbocycles. The minimum absolute atomic E-state index is 0.0638. The molecule has 0 aliphatic heterocycles. The van der Waals surface area contributed by atoms with Gasteiger partial charge in [0.15, 0.2) is 0 Å². The van der Waals surface area contributed by atoms with Gasteiger partial charge in [0.05, 0.1) is 11.6 Å². The van der Waals surface area contributed by atoms with Crippen LogP contribution in [-0.4, -0.2) is 13.2 Å². The van der Waals surface area contributed by atoms with E-state index in [-0.39, 0.29) is 5.41 Å². The summed E-state index contributed by atoms with van der Waals surface area (Å²) in [6, 6.07) is 5.32. The molecule has 0 fully saturated rings. The molecule has 0 radical (unpaired) electrons. The number of ether oxygens (including phenoxy) is 1. The molecule has 0 atom stereocenters. The van der Waals surface area contributed by atoms with Crippen molar-refractivity contribution in [1.82, 2.24) is 0 Å². The van der Waals surface area contributed by atoms with Gasteiger partial charge in [-0.05, 0) is 12.1 Å². The van der Waals surface area contributed by atoms with Crippen molar-refractivity contribution < 1.29 is 4.74 Å². The summed E-state index contributed by atoms with van der Waals surface area (Å²) < 4.78 is 5.58. The van der Waals surface area contributed by atoms with Gasteiger partial charge in [-0.2, -0.15) is 0 Å². The molecule has 2 nitrogen and oxygen atoms in total. The second-order valence-electron chi connectivity index (χ2n) is 4.21. The first kappa shape index (κ1) is 12.6. The minimum atomic E-state index is -0.0638. The molecule has 0 aliphatic rings. The molecule has 84 valence electrons. The Hall–Kier alpha value is -0.440. The Kier molecular flexibility index (Phi) is 4.26. The van der Waals surface area contributed by atoms with Crippen molar-refractivity contribution in [1.29, 1.82) is 0 Å². The predicted octanol–water partition coefficient (Wildman–Crippen LogP) is 3.36. The van der Waals surface area contributed by atoms with Crippen LogP contribution in [0.4, 0.5) is 0 Å². The summed E-state index contributed by atoms with van der Waals surface area (Å²) in [6.45, 7) is 5.14. The third kappa shape index (κ3) is 3.56. The van der Waals surface area contributed by atoms with E-state index in [1.165, 1.54) is 0 Å². The molecule has 0 aromatic heterocycles. The van der Waals surface area contributed by atoms with Crippen molar-refractivity contribution in [2.45, 2.75) is 13.8 Å². The number of hydrogen-bond donors (Lipinski definition) is 1. The first-order valence-corrected chi connectivity index (χ1v) is 5.49. The van der Waals surface area contributed by atoms with Gasteiger partial charge in [-0.25, -0.2) is 0 Å². The van der Waals surface area contributed by atoms with Crippen LogP contribution in [0.5, 0.6) is 5.75 Å². The van der Waals surface area contributed by atoms with Gasteiger partial charge < -0.3 is 10.5 Å². The smallest absolute Gasteiger partial charge is 0.139 e. The minimum Gasteiger partial charge on any atom is -0.491 e. The van der Waals surface area contributed by atoms with Crippen LogP contribution in [0.2, 0.25) is 10.0 Å². The van der Waals surface area contributed by atoms with E-state index in [0.29, 0.717) is 28.9 Å². The summed E-state index contributed by atoms with van der Waals surface area (Å²) in [7, 11) is 0. The highest BCUT2D eigenvalue weighted by Gasteiger charge is 2.17. The molecule has 4 heteroatoms. The third-order valence-electron chi connectivity index (χ3n) is 2.09. The van der Waals surface area contributed by atoms with Gasteiger partial charge in [-0.3, -0.25) is 0 Å². The van der Waals surface area contributed by atoms with E-state index in [9.17, 15) is 0 Å². The summed E-state index contributed by atoms with van der Waals surface area (Å²) in [4.78, 5) is 0. The first-order valence-electron chi connectivity index (χ1n) is 4.73. The summed E-state index contributed by atoms with van der Waals surface area (Å²) in [5, 5.41) is 0.951.